The quantitative estimate of drug-likeness (QED) is 0.486. The number of rotatable bonds is 4. The molecular weight excluding hydrogens is 540 g/mol. The SMILES string of the molecule is C1=C[PH](C2=Cc3ccccc3[CH]2[Zr+2][CH]2C([PH]3=CNC=C3)=Cc3ccccc32)=CN1.[Cl-].[Cl-]. The summed E-state index contributed by atoms with van der Waals surface area (Å²) in [7, 11) is -1.43. The fourth-order valence-corrected chi connectivity index (χ4v) is 16.0. The van der Waals surface area contributed by atoms with Gasteiger partial charge in [0.15, 0.2) is 0 Å². The number of allylic oxidation sites excluding steroid dienone is 2. The van der Waals surface area contributed by atoms with E-state index in [1.807, 2.05) is 0 Å². The van der Waals surface area contributed by atoms with Crippen molar-refractivity contribution in [2.24, 2.45) is 0 Å². The third-order valence-electron chi connectivity index (χ3n) is 6.05. The molecule has 2 nitrogen and oxygen atoms in total. The van der Waals surface area contributed by atoms with E-state index >= 15 is 0 Å². The van der Waals surface area contributed by atoms with Gasteiger partial charge in [0.2, 0.25) is 0 Å². The van der Waals surface area contributed by atoms with Gasteiger partial charge in [-0.25, -0.2) is 0 Å². The van der Waals surface area contributed by atoms with Crippen LogP contribution in [0.1, 0.15) is 29.5 Å². The van der Waals surface area contributed by atoms with Gasteiger partial charge in [-0.3, -0.25) is 0 Å². The molecule has 0 saturated carbocycles. The summed E-state index contributed by atoms with van der Waals surface area (Å²) >= 11 is -0.829. The molecule has 0 saturated heterocycles. The molecule has 7 heteroatoms. The van der Waals surface area contributed by atoms with Crippen LogP contribution in [0, 0.1) is 0 Å². The molecule has 4 unspecified atom stereocenters. The molecule has 0 bridgehead atoms. The van der Waals surface area contributed by atoms with Crippen molar-refractivity contribution in [2.45, 2.75) is 7.25 Å². The number of fused-ring (bicyclic) bond motifs is 2. The van der Waals surface area contributed by atoms with Crippen molar-refractivity contribution in [1.82, 2.24) is 10.6 Å². The minimum absolute atomic E-state index is 0. The smallest absolute Gasteiger partial charge is 1.00 e. The summed E-state index contributed by atoms with van der Waals surface area (Å²) in [5.41, 5.74) is 6.09. The van der Waals surface area contributed by atoms with E-state index < -0.39 is 38.3 Å². The number of hydrogen-bond acceptors (Lipinski definition) is 2. The summed E-state index contributed by atoms with van der Waals surface area (Å²) < 4.78 is 1.34. The predicted octanol–water partition coefficient (Wildman–Crippen LogP) is -0.635. The van der Waals surface area contributed by atoms with Crippen molar-refractivity contribution in [2.75, 3.05) is 0 Å². The normalized spacial score (nSPS) is 25.9. The minimum atomic E-state index is -0.829. The molecule has 4 atom stereocenters. The molecule has 6 rings (SSSR count). The number of nitrogens with one attached hydrogen (secondary N) is 2. The summed E-state index contributed by atoms with van der Waals surface area (Å²) in [6, 6.07) is 18.2. The topological polar surface area (TPSA) is 24.1 Å². The second-order valence-corrected chi connectivity index (χ2v) is 15.6. The third kappa shape index (κ3) is 4.22. The molecule has 2 aromatic carbocycles. The van der Waals surface area contributed by atoms with Crippen molar-refractivity contribution in [1.29, 1.82) is 0 Å². The summed E-state index contributed by atoms with van der Waals surface area (Å²) in [5, 5.41) is 10.1. The van der Waals surface area contributed by atoms with Gasteiger partial charge < -0.3 is 24.8 Å². The maximum absolute atomic E-state index is 3.35. The zero-order valence-electron chi connectivity index (χ0n) is 16.6. The van der Waals surface area contributed by atoms with Crippen LogP contribution < -0.4 is 35.4 Å². The summed E-state index contributed by atoms with van der Waals surface area (Å²) in [4.78, 5) is 0. The molecule has 0 aromatic heterocycles. The molecule has 2 aliphatic heterocycles. The van der Waals surface area contributed by atoms with Gasteiger partial charge in [0, 0.05) is 0 Å². The molecule has 2 heterocycles. The molecule has 156 valence electrons. The van der Waals surface area contributed by atoms with Gasteiger partial charge >= 0.3 is 186 Å². The van der Waals surface area contributed by atoms with Gasteiger partial charge in [0.1, 0.15) is 0 Å². The van der Waals surface area contributed by atoms with Gasteiger partial charge in [0.05, 0.1) is 0 Å². The fraction of sp³-hybridized carbons (Fsp3) is 0.0833. The largest absolute Gasteiger partial charge is 1.00 e. The molecule has 0 radical (unpaired) electrons. The molecule has 2 aromatic rings. The maximum Gasteiger partial charge on any atom is -1.00 e. The Bertz CT molecular complexity index is 1120. The van der Waals surface area contributed by atoms with Crippen LogP contribution >= 0.6 is 15.1 Å². The molecule has 0 spiro atoms. The first-order valence-corrected chi connectivity index (χ1v) is 16.2. The summed E-state index contributed by atoms with van der Waals surface area (Å²) in [5.74, 6) is 9.52. The number of halogens is 2. The molecule has 0 amide bonds. The Labute approximate surface area is 209 Å². The zero-order chi connectivity index (χ0) is 19.2. The van der Waals surface area contributed by atoms with Crippen LogP contribution in [0.3, 0.4) is 0 Å². The van der Waals surface area contributed by atoms with E-state index in [1.165, 1.54) is 11.1 Å². The Morgan fingerprint density at radius 1 is 0.645 bits per heavy atom. The number of hydrogen-bond donors (Lipinski definition) is 2. The van der Waals surface area contributed by atoms with Crippen LogP contribution in [-0.2, 0) is 23.2 Å². The Kier molecular flexibility index (Phi) is 7.42. The predicted molar refractivity (Wildman–Crippen MR) is 128 cm³/mol. The molecular formula is C24H22Cl2N2P2Zr. The number of benzene rings is 2. The van der Waals surface area contributed by atoms with E-state index in [1.54, 1.807) is 21.8 Å². The zero-order valence-corrected chi connectivity index (χ0v) is 22.6. The molecule has 2 aliphatic carbocycles. The van der Waals surface area contributed by atoms with Crippen LogP contribution in [0.5, 0.6) is 0 Å². The van der Waals surface area contributed by atoms with Gasteiger partial charge in [-0.15, -0.1) is 0 Å². The Balaban J connectivity index is 0.00000116. The van der Waals surface area contributed by atoms with Crippen LogP contribution in [0.4, 0.5) is 0 Å². The van der Waals surface area contributed by atoms with Crippen molar-refractivity contribution < 1.29 is 48.0 Å². The molecule has 4 aliphatic rings. The van der Waals surface area contributed by atoms with Crippen molar-refractivity contribution >= 4 is 39.1 Å². The first-order chi connectivity index (χ1) is 14.4. The van der Waals surface area contributed by atoms with Gasteiger partial charge in [-0.2, -0.15) is 0 Å². The third-order valence-corrected chi connectivity index (χ3v) is 16.4. The molecule has 0 fully saturated rings. The summed E-state index contributed by atoms with van der Waals surface area (Å²) in [6.45, 7) is 0. The van der Waals surface area contributed by atoms with Crippen molar-refractivity contribution in [3.8, 4) is 0 Å². The first kappa shape index (κ1) is 23.2. The van der Waals surface area contributed by atoms with Crippen LogP contribution in [-0.4, -0.2) is 11.8 Å². The maximum atomic E-state index is 3.35. The Morgan fingerprint density at radius 3 is 1.52 bits per heavy atom. The van der Waals surface area contributed by atoms with E-state index in [0.717, 1.165) is 0 Å². The standard InChI is InChI=1S/2C12H11NP.2ClH.Zr/c2*1-2-4-11-8-12(7-10(11)3-1)14-6-5-13-9-14;;;/h2*1-9,13-14H;2*1H;/q;;;;+2/p-2. The molecule has 2 N–H and O–H groups in total. The van der Waals surface area contributed by atoms with Gasteiger partial charge in [-0.05, 0) is 0 Å². The van der Waals surface area contributed by atoms with Gasteiger partial charge in [0.25, 0.3) is 0 Å². The molecule has 31 heavy (non-hydrogen) atoms. The van der Waals surface area contributed by atoms with E-state index in [0.29, 0.717) is 7.25 Å². The average Bonchev–Trinajstić information content (AvgIpc) is 3.55. The Morgan fingerprint density at radius 2 is 1.10 bits per heavy atom. The minimum Gasteiger partial charge on any atom is -1.00 e. The second-order valence-electron chi connectivity index (χ2n) is 7.69. The van der Waals surface area contributed by atoms with Crippen LogP contribution in [0.25, 0.3) is 12.2 Å². The van der Waals surface area contributed by atoms with Crippen LogP contribution in [0.15, 0.2) is 83.2 Å². The van der Waals surface area contributed by atoms with E-state index in [2.05, 4.69) is 107 Å². The monoisotopic (exact) mass is 560 g/mol. The van der Waals surface area contributed by atoms with Gasteiger partial charge in [-0.1, -0.05) is 0 Å². The van der Waals surface area contributed by atoms with E-state index in [9.17, 15) is 0 Å². The van der Waals surface area contributed by atoms with Crippen LogP contribution in [0.2, 0.25) is 0 Å². The van der Waals surface area contributed by atoms with E-state index in [4.69, 9.17) is 0 Å². The fourth-order valence-electron chi connectivity index (χ4n) is 4.68. The van der Waals surface area contributed by atoms with Crippen molar-refractivity contribution in [3.05, 3.63) is 105 Å². The second kappa shape index (κ2) is 9.91. The van der Waals surface area contributed by atoms with E-state index in [-0.39, 0.29) is 24.8 Å². The summed E-state index contributed by atoms with van der Waals surface area (Å²) in [6.07, 6.45) is 9.30. The Hall–Kier alpha value is -0.937. The van der Waals surface area contributed by atoms with Crippen molar-refractivity contribution in [3.63, 3.8) is 0 Å². The average molecular weight is 563 g/mol. The first-order valence-electron chi connectivity index (χ1n) is 10.0.